The van der Waals surface area contributed by atoms with Gasteiger partial charge in [0.2, 0.25) is 0 Å². The van der Waals surface area contributed by atoms with Crippen LogP contribution in [0.3, 0.4) is 0 Å². The normalized spacial score (nSPS) is 13.1. The van der Waals surface area contributed by atoms with Crippen LogP contribution in [0.4, 0.5) is 4.79 Å². The maximum absolute atomic E-state index is 11.9. The highest BCUT2D eigenvalue weighted by molar-refractivity contribution is 6.42. The summed E-state index contributed by atoms with van der Waals surface area (Å²) in [5, 5.41) is 10.0. The first-order chi connectivity index (χ1) is 9.75. The van der Waals surface area contributed by atoms with Gasteiger partial charge in [0, 0.05) is 7.05 Å². The number of halogens is 2. The zero-order valence-electron chi connectivity index (χ0n) is 11.6. The van der Waals surface area contributed by atoms with Crippen LogP contribution in [0.25, 0.3) is 0 Å². The van der Waals surface area contributed by atoms with E-state index in [1.165, 1.54) is 38.2 Å². The number of carboxylic acids is 1. The molecule has 1 aromatic rings. The Labute approximate surface area is 132 Å². The van der Waals surface area contributed by atoms with Gasteiger partial charge in [-0.2, -0.15) is 0 Å². The molecule has 0 spiro atoms. The van der Waals surface area contributed by atoms with Crippen molar-refractivity contribution in [3.05, 3.63) is 46.5 Å². The molecule has 0 aromatic heterocycles. The smallest absolute Gasteiger partial charge is 0.411 e. The van der Waals surface area contributed by atoms with E-state index in [1.54, 1.807) is 0 Å². The van der Waals surface area contributed by atoms with Crippen molar-refractivity contribution < 1.29 is 19.4 Å². The molecule has 7 heteroatoms. The number of ether oxygens (including phenoxy) is 1. The lowest BCUT2D eigenvalue weighted by Gasteiger charge is -2.34. The number of carboxylic acid groups (broad SMARTS) is 1. The van der Waals surface area contributed by atoms with Crippen LogP contribution in [0.2, 0.25) is 10.0 Å². The summed E-state index contributed by atoms with van der Waals surface area (Å²) in [5.74, 6) is -1.22. The summed E-state index contributed by atoms with van der Waals surface area (Å²) in [6.07, 6.45) is 0.606. The molecule has 0 aliphatic carbocycles. The number of benzene rings is 1. The van der Waals surface area contributed by atoms with E-state index >= 15 is 0 Å². The first-order valence-electron chi connectivity index (χ1n) is 5.95. The van der Waals surface area contributed by atoms with E-state index in [9.17, 15) is 14.7 Å². The molecule has 1 aromatic carbocycles. The van der Waals surface area contributed by atoms with Crippen molar-refractivity contribution in [1.29, 1.82) is 0 Å². The van der Waals surface area contributed by atoms with Gasteiger partial charge in [0.15, 0.2) is 5.54 Å². The van der Waals surface area contributed by atoms with E-state index in [1.807, 2.05) is 0 Å². The summed E-state index contributed by atoms with van der Waals surface area (Å²) in [4.78, 5) is 24.6. The van der Waals surface area contributed by atoms with Gasteiger partial charge >= 0.3 is 12.1 Å². The molecule has 0 saturated heterocycles. The lowest BCUT2D eigenvalue weighted by Crippen LogP contribution is -2.50. The van der Waals surface area contributed by atoms with Crippen molar-refractivity contribution in [2.24, 2.45) is 0 Å². The molecule has 114 valence electrons. The van der Waals surface area contributed by atoms with E-state index < -0.39 is 17.6 Å². The van der Waals surface area contributed by atoms with Gasteiger partial charge in [0.1, 0.15) is 6.61 Å². The summed E-state index contributed by atoms with van der Waals surface area (Å²) in [5.41, 5.74) is -1.34. The highest BCUT2D eigenvalue weighted by atomic mass is 35.5. The van der Waals surface area contributed by atoms with Crippen molar-refractivity contribution in [1.82, 2.24) is 4.90 Å². The molecule has 1 atom stereocenters. The van der Waals surface area contributed by atoms with Gasteiger partial charge in [-0.3, -0.25) is 4.90 Å². The second-order valence-corrected chi connectivity index (χ2v) is 5.25. The molecule has 21 heavy (non-hydrogen) atoms. The van der Waals surface area contributed by atoms with Gasteiger partial charge in [-0.1, -0.05) is 41.9 Å². The SMILES string of the molecule is C=CCOC(=O)N(C)C(C)(C(=O)O)c1ccc(Cl)c(Cl)c1. The van der Waals surface area contributed by atoms with E-state index in [2.05, 4.69) is 6.58 Å². The number of likely N-dealkylation sites (N-methyl/N-ethyl adjacent to an activating group) is 1. The molecule has 0 aliphatic rings. The number of carbonyl (C=O) groups is 2. The lowest BCUT2D eigenvalue weighted by molar-refractivity contribution is -0.149. The van der Waals surface area contributed by atoms with E-state index in [0.717, 1.165) is 4.90 Å². The fraction of sp³-hybridized carbons (Fsp3) is 0.286. The minimum Gasteiger partial charge on any atom is -0.479 e. The fourth-order valence-corrected chi connectivity index (χ4v) is 1.97. The van der Waals surface area contributed by atoms with Crippen LogP contribution in [0.5, 0.6) is 0 Å². The van der Waals surface area contributed by atoms with Gasteiger partial charge in [0.05, 0.1) is 10.0 Å². The molecule has 0 aliphatic heterocycles. The van der Waals surface area contributed by atoms with Crippen molar-refractivity contribution in [3.63, 3.8) is 0 Å². The summed E-state index contributed by atoms with van der Waals surface area (Å²) < 4.78 is 4.87. The van der Waals surface area contributed by atoms with Gasteiger partial charge in [-0.05, 0) is 24.6 Å². The van der Waals surface area contributed by atoms with Crippen LogP contribution in [-0.2, 0) is 15.1 Å². The third kappa shape index (κ3) is 3.49. The van der Waals surface area contributed by atoms with Crippen LogP contribution >= 0.6 is 23.2 Å². The minimum absolute atomic E-state index is 0.0136. The quantitative estimate of drug-likeness (QED) is 0.838. The zero-order chi connectivity index (χ0) is 16.2. The predicted molar refractivity (Wildman–Crippen MR) is 80.8 cm³/mol. The molecule has 1 amide bonds. The number of nitrogens with zero attached hydrogens (tertiary/aromatic N) is 1. The topological polar surface area (TPSA) is 66.8 Å². The molecule has 0 bridgehead atoms. The molecular weight excluding hydrogens is 317 g/mol. The molecule has 0 heterocycles. The summed E-state index contributed by atoms with van der Waals surface area (Å²) >= 11 is 11.7. The zero-order valence-corrected chi connectivity index (χ0v) is 13.1. The molecule has 0 radical (unpaired) electrons. The van der Waals surface area contributed by atoms with E-state index in [-0.39, 0.29) is 11.6 Å². The Morgan fingerprint density at radius 2 is 2.05 bits per heavy atom. The van der Waals surface area contributed by atoms with Crippen LogP contribution in [-0.4, -0.2) is 35.7 Å². The van der Waals surface area contributed by atoms with Crippen molar-refractivity contribution in [2.75, 3.05) is 13.7 Å². The van der Waals surface area contributed by atoms with Crippen molar-refractivity contribution >= 4 is 35.3 Å². The van der Waals surface area contributed by atoms with E-state index in [0.29, 0.717) is 10.6 Å². The average Bonchev–Trinajstić information content (AvgIpc) is 2.45. The van der Waals surface area contributed by atoms with Crippen LogP contribution in [0, 0.1) is 0 Å². The fourth-order valence-electron chi connectivity index (χ4n) is 1.67. The Morgan fingerprint density at radius 1 is 1.43 bits per heavy atom. The highest BCUT2D eigenvalue weighted by Crippen LogP contribution is 2.32. The number of carbonyl (C=O) groups excluding carboxylic acids is 1. The molecule has 1 unspecified atom stereocenters. The Morgan fingerprint density at radius 3 is 2.52 bits per heavy atom. The number of rotatable bonds is 5. The molecule has 1 rings (SSSR count). The number of amides is 1. The van der Waals surface area contributed by atoms with Gasteiger partial charge in [0.25, 0.3) is 0 Å². The molecular formula is C14H15Cl2NO4. The maximum atomic E-state index is 11.9. The largest absolute Gasteiger partial charge is 0.479 e. The number of hydrogen-bond donors (Lipinski definition) is 1. The average molecular weight is 332 g/mol. The van der Waals surface area contributed by atoms with Crippen LogP contribution < -0.4 is 0 Å². The summed E-state index contributed by atoms with van der Waals surface area (Å²) in [6, 6.07) is 4.39. The number of hydrogen-bond acceptors (Lipinski definition) is 3. The standard InChI is InChI=1S/C14H15Cl2NO4/c1-4-7-21-13(20)17(3)14(2,12(18)19)9-5-6-10(15)11(16)8-9/h4-6,8H,1,7H2,2-3H3,(H,18,19). The van der Waals surface area contributed by atoms with Crippen LogP contribution in [0.15, 0.2) is 30.9 Å². The molecule has 1 N–H and O–H groups in total. The Balaban J connectivity index is 3.24. The van der Waals surface area contributed by atoms with E-state index in [4.69, 9.17) is 27.9 Å². The molecule has 0 fully saturated rings. The first-order valence-corrected chi connectivity index (χ1v) is 6.71. The van der Waals surface area contributed by atoms with Gasteiger partial charge < -0.3 is 9.84 Å². The summed E-state index contributed by atoms with van der Waals surface area (Å²) in [6.45, 7) is 4.79. The van der Waals surface area contributed by atoms with Gasteiger partial charge in [-0.15, -0.1) is 0 Å². The second kappa shape index (κ2) is 6.83. The second-order valence-electron chi connectivity index (χ2n) is 4.43. The molecule has 0 saturated carbocycles. The number of aliphatic carboxylic acids is 1. The highest BCUT2D eigenvalue weighted by Gasteiger charge is 2.43. The maximum Gasteiger partial charge on any atom is 0.411 e. The third-order valence-corrected chi connectivity index (χ3v) is 3.91. The van der Waals surface area contributed by atoms with Crippen LogP contribution in [0.1, 0.15) is 12.5 Å². The minimum atomic E-state index is -1.65. The Bertz CT molecular complexity index is 576. The Kier molecular flexibility index (Phi) is 5.63. The predicted octanol–water partition coefficient (Wildman–Crippen LogP) is 3.55. The monoisotopic (exact) mass is 331 g/mol. The lowest BCUT2D eigenvalue weighted by atomic mass is 9.91. The molecule has 5 nitrogen and oxygen atoms in total. The summed E-state index contributed by atoms with van der Waals surface area (Å²) in [7, 11) is 1.34. The Hall–Kier alpha value is -1.72. The first kappa shape index (κ1) is 17.3. The van der Waals surface area contributed by atoms with Gasteiger partial charge in [-0.25, -0.2) is 9.59 Å². The third-order valence-electron chi connectivity index (χ3n) is 3.17. The van der Waals surface area contributed by atoms with Crippen molar-refractivity contribution in [2.45, 2.75) is 12.5 Å². The van der Waals surface area contributed by atoms with Crippen molar-refractivity contribution in [3.8, 4) is 0 Å².